The third kappa shape index (κ3) is 3.99. The van der Waals surface area contributed by atoms with Crippen LogP contribution in [0, 0.1) is 20.8 Å². The van der Waals surface area contributed by atoms with Crippen molar-refractivity contribution in [2.75, 3.05) is 16.8 Å². The summed E-state index contributed by atoms with van der Waals surface area (Å²) >= 11 is 0. The number of hydrogen-bond donors (Lipinski definition) is 2. The molecule has 1 aliphatic rings. The van der Waals surface area contributed by atoms with Gasteiger partial charge in [-0.1, -0.05) is 29.8 Å². The molecule has 1 saturated heterocycles. The molecule has 3 rings (SSSR count). The molecule has 2 aromatic carbocycles. The number of hydrogen-bond acceptors (Lipinski definition) is 2. The fourth-order valence-electron chi connectivity index (χ4n) is 2.99. The molecule has 130 valence electrons. The fourth-order valence-corrected chi connectivity index (χ4v) is 2.99. The normalized spacial score (nSPS) is 16.8. The Hall–Kier alpha value is -2.82. The zero-order valence-electron chi connectivity index (χ0n) is 14.8. The summed E-state index contributed by atoms with van der Waals surface area (Å²) in [5, 5.41) is 5.78. The van der Waals surface area contributed by atoms with Gasteiger partial charge in [-0.2, -0.15) is 0 Å². The number of aryl methyl sites for hydroxylation is 3. The lowest BCUT2D eigenvalue weighted by Crippen LogP contribution is -2.39. The van der Waals surface area contributed by atoms with Crippen molar-refractivity contribution in [1.29, 1.82) is 0 Å². The van der Waals surface area contributed by atoms with Gasteiger partial charge in [-0.25, -0.2) is 4.79 Å². The van der Waals surface area contributed by atoms with Crippen LogP contribution in [-0.2, 0) is 4.79 Å². The van der Waals surface area contributed by atoms with Gasteiger partial charge < -0.3 is 15.5 Å². The van der Waals surface area contributed by atoms with Crippen molar-refractivity contribution in [2.45, 2.75) is 33.2 Å². The standard InChI is InChI=1S/C20H23N3O2/c1-13-5-8-17(9-6-13)23-12-16(11-19(23)24)21-20(25)22-18-10-14(2)4-7-15(18)3/h4-10,16H,11-12H2,1-3H3,(H2,21,22,25)/t16-/m0/s1. The molecule has 0 radical (unpaired) electrons. The zero-order valence-corrected chi connectivity index (χ0v) is 14.8. The van der Waals surface area contributed by atoms with Gasteiger partial charge in [-0.15, -0.1) is 0 Å². The van der Waals surface area contributed by atoms with Crippen LogP contribution in [0.5, 0.6) is 0 Å². The fraction of sp³-hybridized carbons (Fsp3) is 0.300. The van der Waals surface area contributed by atoms with Crippen LogP contribution in [0.3, 0.4) is 0 Å². The smallest absolute Gasteiger partial charge is 0.319 e. The van der Waals surface area contributed by atoms with Gasteiger partial charge in [0.1, 0.15) is 0 Å². The third-order valence-electron chi connectivity index (χ3n) is 4.45. The monoisotopic (exact) mass is 337 g/mol. The van der Waals surface area contributed by atoms with Crippen LogP contribution in [0.1, 0.15) is 23.1 Å². The van der Waals surface area contributed by atoms with E-state index in [0.717, 1.165) is 28.1 Å². The van der Waals surface area contributed by atoms with Crippen molar-refractivity contribution in [2.24, 2.45) is 0 Å². The van der Waals surface area contributed by atoms with Gasteiger partial charge in [-0.05, 0) is 50.1 Å². The van der Waals surface area contributed by atoms with Crippen LogP contribution in [0.2, 0.25) is 0 Å². The second-order valence-electron chi connectivity index (χ2n) is 6.66. The molecule has 3 amide bonds. The minimum absolute atomic E-state index is 0.0286. The van der Waals surface area contributed by atoms with Crippen molar-refractivity contribution >= 4 is 23.3 Å². The van der Waals surface area contributed by atoms with E-state index in [1.165, 1.54) is 0 Å². The number of nitrogens with one attached hydrogen (secondary N) is 2. The van der Waals surface area contributed by atoms with Gasteiger partial charge in [0, 0.05) is 24.3 Å². The Kier molecular flexibility index (Phi) is 4.74. The number of carbonyl (C=O) groups is 2. The number of benzene rings is 2. The highest BCUT2D eigenvalue weighted by molar-refractivity contribution is 5.97. The van der Waals surface area contributed by atoms with Crippen LogP contribution in [0.15, 0.2) is 42.5 Å². The summed E-state index contributed by atoms with van der Waals surface area (Å²) in [6, 6.07) is 13.3. The molecule has 2 aromatic rings. The average molecular weight is 337 g/mol. The van der Waals surface area contributed by atoms with Gasteiger partial charge in [0.15, 0.2) is 0 Å². The zero-order chi connectivity index (χ0) is 18.0. The van der Waals surface area contributed by atoms with E-state index in [4.69, 9.17) is 0 Å². The summed E-state index contributed by atoms with van der Waals surface area (Å²) < 4.78 is 0. The minimum atomic E-state index is -0.280. The predicted octanol–water partition coefficient (Wildman–Crippen LogP) is 3.54. The topological polar surface area (TPSA) is 61.4 Å². The summed E-state index contributed by atoms with van der Waals surface area (Å²) in [6.07, 6.45) is 0.314. The first kappa shape index (κ1) is 17.0. The van der Waals surface area contributed by atoms with E-state index in [-0.39, 0.29) is 18.0 Å². The lowest BCUT2D eigenvalue weighted by molar-refractivity contribution is -0.117. The lowest BCUT2D eigenvalue weighted by Gasteiger charge is -2.18. The third-order valence-corrected chi connectivity index (χ3v) is 4.45. The predicted molar refractivity (Wildman–Crippen MR) is 100 cm³/mol. The molecule has 2 N–H and O–H groups in total. The maximum atomic E-state index is 12.3. The van der Waals surface area contributed by atoms with Crippen LogP contribution < -0.4 is 15.5 Å². The van der Waals surface area contributed by atoms with Gasteiger partial charge >= 0.3 is 6.03 Å². The largest absolute Gasteiger partial charge is 0.333 e. The Balaban J connectivity index is 1.62. The van der Waals surface area contributed by atoms with E-state index in [1.54, 1.807) is 4.90 Å². The molecular weight excluding hydrogens is 314 g/mol. The first-order chi connectivity index (χ1) is 11.9. The first-order valence-electron chi connectivity index (χ1n) is 8.44. The molecule has 0 spiro atoms. The van der Waals surface area contributed by atoms with E-state index in [1.807, 2.05) is 63.2 Å². The Morgan fingerprint density at radius 2 is 1.72 bits per heavy atom. The molecule has 0 bridgehead atoms. The van der Waals surface area contributed by atoms with Gasteiger partial charge in [0.2, 0.25) is 5.91 Å². The van der Waals surface area contributed by atoms with Gasteiger partial charge in [0.25, 0.3) is 0 Å². The van der Waals surface area contributed by atoms with E-state index in [9.17, 15) is 9.59 Å². The number of anilines is 2. The molecule has 0 unspecified atom stereocenters. The molecule has 1 fully saturated rings. The number of urea groups is 1. The second kappa shape index (κ2) is 6.97. The Labute approximate surface area is 148 Å². The van der Waals surface area contributed by atoms with Gasteiger partial charge in [-0.3, -0.25) is 4.79 Å². The summed E-state index contributed by atoms with van der Waals surface area (Å²) in [5.74, 6) is 0.0286. The molecule has 5 heteroatoms. The quantitative estimate of drug-likeness (QED) is 0.900. The number of carbonyl (C=O) groups excluding carboxylic acids is 2. The second-order valence-corrected chi connectivity index (χ2v) is 6.66. The Morgan fingerprint density at radius 3 is 2.44 bits per heavy atom. The van der Waals surface area contributed by atoms with Gasteiger partial charge in [0.05, 0.1) is 6.04 Å². The van der Waals surface area contributed by atoms with Crippen LogP contribution >= 0.6 is 0 Å². The van der Waals surface area contributed by atoms with Crippen molar-refractivity contribution in [3.8, 4) is 0 Å². The highest BCUT2D eigenvalue weighted by Gasteiger charge is 2.31. The summed E-state index contributed by atoms with van der Waals surface area (Å²) in [4.78, 5) is 26.3. The molecule has 1 atom stereocenters. The van der Waals surface area contributed by atoms with Crippen molar-refractivity contribution in [1.82, 2.24) is 5.32 Å². The minimum Gasteiger partial charge on any atom is -0.333 e. The molecule has 0 aromatic heterocycles. The summed E-state index contributed by atoms with van der Waals surface area (Å²) in [6.45, 7) is 6.44. The molecular formula is C20H23N3O2. The molecule has 1 aliphatic heterocycles. The van der Waals surface area contributed by atoms with E-state index in [2.05, 4.69) is 10.6 Å². The number of rotatable bonds is 3. The van der Waals surface area contributed by atoms with Crippen LogP contribution in [0.25, 0.3) is 0 Å². The molecule has 0 saturated carbocycles. The average Bonchev–Trinajstić information content (AvgIpc) is 2.92. The first-order valence-corrected chi connectivity index (χ1v) is 8.44. The van der Waals surface area contributed by atoms with Crippen LogP contribution in [0.4, 0.5) is 16.2 Å². The Morgan fingerprint density at radius 1 is 1.04 bits per heavy atom. The van der Waals surface area contributed by atoms with E-state index in [0.29, 0.717) is 13.0 Å². The molecule has 25 heavy (non-hydrogen) atoms. The number of nitrogens with zero attached hydrogens (tertiary/aromatic N) is 1. The highest BCUT2D eigenvalue weighted by atomic mass is 16.2. The van der Waals surface area contributed by atoms with Crippen molar-refractivity contribution in [3.63, 3.8) is 0 Å². The van der Waals surface area contributed by atoms with E-state index >= 15 is 0 Å². The van der Waals surface area contributed by atoms with Crippen molar-refractivity contribution < 1.29 is 9.59 Å². The summed E-state index contributed by atoms with van der Waals surface area (Å²) in [5.41, 5.74) is 4.90. The van der Waals surface area contributed by atoms with Crippen molar-refractivity contribution in [3.05, 3.63) is 59.2 Å². The highest BCUT2D eigenvalue weighted by Crippen LogP contribution is 2.22. The molecule has 0 aliphatic carbocycles. The molecule has 1 heterocycles. The maximum absolute atomic E-state index is 12.3. The maximum Gasteiger partial charge on any atom is 0.319 e. The van der Waals surface area contributed by atoms with E-state index < -0.39 is 0 Å². The number of amides is 3. The Bertz CT molecular complexity index is 799. The molecule has 5 nitrogen and oxygen atoms in total. The summed E-state index contributed by atoms with van der Waals surface area (Å²) in [7, 11) is 0. The van der Waals surface area contributed by atoms with Crippen LogP contribution in [-0.4, -0.2) is 24.5 Å². The SMILES string of the molecule is Cc1ccc(N2C[C@@H](NC(=O)Nc3cc(C)ccc3C)CC2=O)cc1. The lowest BCUT2D eigenvalue weighted by atomic mass is 10.1.